The van der Waals surface area contributed by atoms with Crippen LogP contribution in [-0.4, -0.2) is 12.6 Å². The Morgan fingerprint density at radius 3 is 2.17 bits per heavy atom. The molecule has 0 amide bonds. The third-order valence-corrected chi connectivity index (χ3v) is 5.70. The summed E-state index contributed by atoms with van der Waals surface area (Å²) < 4.78 is 4.87. The van der Waals surface area contributed by atoms with E-state index >= 15 is 0 Å². The second kappa shape index (κ2) is 10.2. The molecule has 0 N–H and O–H groups in total. The molecule has 0 aliphatic rings. The van der Waals surface area contributed by atoms with Crippen molar-refractivity contribution in [3.05, 3.63) is 87.4 Å². The maximum Gasteiger partial charge on any atom is 0.330 e. The highest BCUT2D eigenvalue weighted by atomic mass is 35.5. The van der Waals surface area contributed by atoms with E-state index in [4.69, 9.17) is 39.5 Å². The lowest BCUT2D eigenvalue weighted by Gasteiger charge is -2.07. The lowest BCUT2D eigenvalue weighted by Crippen LogP contribution is -1.98. The van der Waals surface area contributed by atoms with Crippen molar-refractivity contribution in [1.29, 1.82) is 0 Å². The molecule has 6 heteroatoms. The molecule has 0 spiro atoms. The number of ether oxygens (including phenoxy) is 1. The van der Waals surface area contributed by atoms with Gasteiger partial charge in [-0.3, -0.25) is 0 Å². The van der Waals surface area contributed by atoms with Crippen molar-refractivity contribution >= 4 is 58.6 Å². The summed E-state index contributed by atoms with van der Waals surface area (Å²) >= 11 is 20.1. The molecule has 29 heavy (non-hydrogen) atoms. The highest BCUT2D eigenvalue weighted by Crippen LogP contribution is 2.33. The van der Waals surface area contributed by atoms with E-state index in [1.54, 1.807) is 30.8 Å². The first-order chi connectivity index (χ1) is 13.9. The second-order valence-electron chi connectivity index (χ2n) is 6.05. The molecule has 0 atom stereocenters. The Labute approximate surface area is 189 Å². The van der Waals surface area contributed by atoms with Gasteiger partial charge in [0.25, 0.3) is 0 Å². The minimum absolute atomic E-state index is 0.343. The number of carbonyl (C=O) groups is 1. The largest absolute Gasteiger partial charge is 0.463 e. The van der Waals surface area contributed by atoms with Gasteiger partial charge in [-0.25, -0.2) is 4.79 Å². The van der Waals surface area contributed by atoms with Gasteiger partial charge in [0.2, 0.25) is 0 Å². The van der Waals surface area contributed by atoms with E-state index in [1.165, 1.54) is 6.08 Å². The van der Waals surface area contributed by atoms with Crippen LogP contribution >= 0.6 is 46.6 Å². The molecule has 0 radical (unpaired) electrons. The van der Waals surface area contributed by atoms with Crippen LogP contribution in [0.25, 0.3) is 17.2 Å². The van der Waals surface area contributed by atoms with Crippen LogP contribution in [0.3, 0.4) is 0 Å². The van der Waals surface area contributed by atoms with E-state index < -0.39 is 0 Å². The lowest BCUT2D eigenvalue weighted by molar-refractivity contribution is -0.137. The van der Waals surface area contributed by atoms with Crippen LogP contribution in [0.2, 0.25) is 15.1 Å². The van der Waals surface area contributed by atoms with Gasteiger partial charge in [0.05, 0.1) is 6.61 Å². The average molecular weight is 464 g/mol. The van der Waals surface area contributed by atoms with Crippen molar-refractivity contribution in [3.63, 3.8) is 0 Å². The van der Waals surface area contributed by atoms with Crippen molar-refractivity contribution in [2.24, 2.45) is 0 Å². The van der Waals surface area contributed by atoms with Crippen molar-refractivity contribution in [2.45, 2.75) is 16.7 Å². The maximum absolute atomic E-state index is 11.4. The molecule has 148 valence electrons. The van der Waals surface area contributed by atoms with Crippen molar-refractivity contribution < 1.29 is 9.53 Å². The molecule has 2 nitrogen and oxygen atoms in total. The number of hydrogen-bond acceptors (Lipinski definition) is 3. The highest BCUT2D eigenvalue weighted by molar-refractivity contribution is 7.99. The van der Waals surface area contributed by atoms with E-state index in [1.807, 2.05) is 54.6 Å². The van der Waals surface area contributed by atoms with Gasteiger partial charge in [0.1, 0.15) is 0 Å². The first-order valence-electron chi connectivity index (χ1n) is 8.83. The van der Waals surface area contributed by atoms with Crippen LogP contribution in [0.15, 0.2) is 76.5 Å². The Bertz CT molecular complexity index is 1030. The minimum atomic E-state index is -0.386. The van der Waals surface area contributed by atoms with Crippen LogP contribution in [0, 0.1) is 0 Å². The van der Waals surface area contributed by atoms with E-state index in [0.717, 1.165) is 26.5 Å². The Balaban J connectivity index is 1.71. The van der Waals surface area contributed by atoms with E-state index in [9.17, 15) is 4.79 Å². The number of esters is 1. The molecule has 3 rings (SSSR count). The molecule has 0 aliphatic heterocycles. The summed E-state index contributed by atoms with van der Waals surface area (Å²) in [7, 11) is 0. The summed E-state index contributed by atoms with van der Waals surface area (Å²) in [6.07, 6.45) is 3.03. The standard InChI is InChI=1S/C23H17Cl3O2S/c1-2-28-23(27)10-6-16-5-9-21(14-22(16)26)29-20-7-3-15(4-8-20)17-11-18(24)13-19(25)12-17/h3-14H,2H2,1H3/b10-6+. The van der Waals surface area contributed by atoms with Gasteiger partial charge in [-0.05, 0) is 72.2 Å². The summed E-state index contributed by atoms with van der Waals surface area (Å²) in [5.74, 6) is -0.386. The van der Waals surface area contributed by atoms with Crippen LogP contribution < -0.4 is 0 Å². The van der Waals surface area contributed by atoms with Crippen molar-refractivity contribution in [1.82, 2.24) is 0 Å². The smallest absolute Gasteiger partial charge is 0.330 e. The van der Waals surface area contributed by atoms with Gasteiger partial charge in [-0.2, -0.15) is 0 Å². The first kappa shape index (κ1) is 21.8. The molecule has 0 aromatic heterocycles. The van der Waals surface area contributed by atoms with E-state index in [0.29, 0.717) is 21.7 Å². The first-order valence-corrected chi connectivity index (χ1v) is 10.8. The van der Waals surface area contributed by atoms with Crippen LogP contribution in [0.4, 0.5) is 0 Å². The molecular weight excluding hydrogens is 447 g/mol. The summed E-state index contributed by atoms with van der Waals surface area (Å²) in [6, 6.07) is 19.3. The fourth-order valence-electron chi connectivity index (χ4n) is 2.63. The maximum atomic E-state index is 11.4. The molecule has 3 aromatic carbocycles. The molecule has 0 unspecified atom stereocenters. The fourth-order valence-corrected chi connectivity index (χ4v) is 4.32. The zero-order chi connectivity index (χ0) is 20.8. The van der Waals surface area contributed by atoms with Gasteiger partial charge in [0.15, 0.2) is 0 Å². The highest BCUT2D eigenvalue weighted by Gasteiger charge is 2.05. The SMILES string of the molecule is CCOC(=O)/C=C/c1ccc(Sc2ccc(-c3cc(Cl)cc(Cl)c3)cc2)cc1Cl. The average Bonchev–Trinajstić information content (AvgIpc) is 2.67. The molecule has 3 aromatic rings. The number of benzene rings is 3. The van der Waals surface area contributed by atoms with Gasteiger partial charge in [0, 0.05) is 30.9 Å². The topological polar surface area (TPSA) is 26.3 Å². The third kappa shape index (κ3) is 6.28. The van der Waals surface area contributed by atoms with Gasteiger partial charge >= 0.3 is 5.97 Å². The molecule has 0 fully saturated rings. The lowest BCUT2D eigenvalue weighted by atomic mass is 10.1. The summed E-state index contributed by atoms with van der Waals surface area (Å²) in [4.78, 5) is 13.5. The monoisotopic (exact) mass is 462 g/mol. The Hall–Kier alpha value is -1.91. The molecule has 0 heterocycles. The van der Waals surface area contributed by atoms with Crippen LogP contribution in [-0.2, 0) is 9.53 Å². The van der Waals surface area contributed by atoms with Crippen molar-refractivity contribution in [3.8, 4) is 11.1 Å². The third-order valence-electron chi connectivity index (χ3n) is 3.94. The fraction of sp³-hybridized carbons (Fsp3) is 0.0870. The predicted octanol–water partition coefficient (Wildman–Crippen LogP) is 8.04. The Morgan fingerprint density at radius 1 is 0.897 bits per heavy atom. The van der Waals surface area contributed by atoms with Gasteiger partial charge < -0.3 is 4.74 Å². The van der Waals surface area contributed by atoms with E-state index in [-0.39, 0.29) is 5.97 Å². The zero-order valence-corrected chi connectivity index (χ0v) is 18.6. The normalized spacial score (nSPS) is 11.0. The Morgan fingerprint density at radius 2 is 1.55 bits per heavy atom. The summed E-state index contributed by atoms with van der Waals surface area (Å²) in [5.41, 5.74) is 2.77. The van der Waals surface area contributed by atoms with Crippen LogP contribution in [0.5, 0.6) is 0 Å². The minimum Gasteiger partial charge on any atom is -0.463 e. The summed E-state index contributed by atoms with van der Waals surface area (Å²) in [5, 5.41) is 1.79. The molecule has 0 saturated carbocycles. The number of rotatable bonds is 6. The quantitative estimate of drug-likeness (QED) is 0.273. The second-order valence-corrected chi connectivity index (χ2v) is 8.48. The predicted molar refractivity (Wildman–Crippen MR) is 123 cm³/mol. The Kier molecular flexibility index (Phi) is 7.68. The molecular formula is C23H17Cl3O2S. The number of carbonyl (C=O) groups excluding carboxylic acids is 1. The van der Waals surface area contributed by atoms with E-state index in [2.05, 4.69) is 0 Å². The number of hydrogen-bond donors (Lipinski definition) is 0. The number of halogens is 3. The summed E-state index contributed by atoms with van der Waals surface area (Å²) in [6.45, 7) is 2.11. The molecule has 0 aliphatic carbocycles. The van der Waals surface area contributed by atoms with Crippen molar-refractivity contribution in [2.75, 3.05) is 6.61 Å². The molecule has 0 bridgehead atoms. The van der Waals surface area contributed by atoms with Gasteiger partial charge in [-0.15, -0.1) is 0 Å². The van der Waals surface area contributed by atoms with Gasteiger partial charge in [-0.1, -0.05) is 64.8 Å². The zero-order valence-electron chi connectivity index (χ0n) is 15.5. The molecule has 0 saturated heterocycles. The van der Waals surface area contributed by atoms with Crippen LogP contribution in [0.1, 0.15) is 12.5 Å².